The molecule has 0 aliphatic carbocycles. The van der Waals surface area contributed by atoms with Crippen LogP contribution in [0.4, 0.5) is 0 Å². The van der Waals surface area contributed by atoms with E-state index in [1.165, 1.54) is 16.7 Å². The zero-order chi connectivity index (χ0) is 59.4. The zero-order valence-corrected chi connectivity index (χ0v) is 47.2. The number of carboxylic acids is 1. The fourth-order valence-electron chi connectivity index (χ4n) is 8.22. The lowest BCUT2D eigenvalue weighted by Crippen LogP contribution is -2.62. The fourth-order valence-corrected chi connectivity index (χ4v) is 8.70. The van der Waals surface area contributed by atoms with Crippen LogP contribution in [0.15, 0.2) is 4.99 Å². The van der Waals surface area contributed by atoms with Crippen LogP contribution in [-0.2, 0) is 47.9 Å². The first kappa shape index (κ1) is 70.1. The molecular formula is C49H90N14O14S. The van der Waals surface area contributed by atoms with Crippen molar-refractivity contribution < 1.29 is 68.4 Å². The van der Waals surface area contributed by atoms with Crippen LogP contribution in [0.2, 0.25) is 0 Å². The Morgan fingerprint density at radius 2 is 1.18 bits per heavy atom. The van der Waals surface area contributed by atoms with Crippen molar-refractivity contribution in [2.45, 2.75) is 179 Å². The van der Waals surface area contributed by atoms with Gasteiger partial charge in [-0.1, -0.05) is 54.4 Å². The number of carboxylic acid groups (broad SMARTS) is 1. The summed E-state index contributed by atoms with van der Waals surface area (Å²) >= 11 is 1.29. The monoisotopic (exact) mass is 1130 g/mol. The number of aliphatic hydroxyl groups excluding tert-OH is 3. The summed E-state index contributed by atoms with van der Waals surface area (Å²) in [6, 6.07) is -13.6. The third-order valence-corrected chi connectivity index (χ3v) is 13.6. The maximum Gasteiger partial charge on any atom is 0.326 e. The predicted molar refractivity (Wildman–Crippen MR) is 291 cm³/mol. The first-order valence-electron chi connectivity index (χ1n) is 26.6. The summed E-state index contributed by atoms with van der Waals surface area (Å²) in [7, 11) is 0. The van der Waals surface area contributed by atoms with E-state index in [2.05, 4.69) is 47.5 Å². The van der Waals surface area contributed by atoms with Gasteiger partial charge in [0.2, 0.25) is 53.2 Å². The van der Waals surface area contributed by atoms with Gasteiger partial charge in [-0.3, -0.25) is 48.1 Å². The van der Waals surface area contributed by atoms with Crippen LogP contribution >= 0.6 is 11.8 Å². The topological polar surface area (TPSA) is 468 Å². The molecule has 28 nitrogen and oxygen atoms in total. The SMILES string of the molecule is CC[C@H](C)[C@H](NC(=O)[C@@H]1CCCN1C(=O)[C@H](CCCN=C(N)N)NC(=O)[C@@H](NC(=O)[C@@H](N)CCCCN)C(C)C)C(=O)N[C@@H](CO)C(=O)N[C@@H](CCSC)C(=O)N[C@@H](CO)C(=O)N[C@H](C(=O)N[C@@H](CC(C)C)C(=O)O)[C@@H](C)O. The van der Waals surface area contributed by atoms with Gasteiger partial charge in [-0.05, 0) is 94.6 Å². The number of hydrogen-bond acceptors (Lipinski definition) is 17. The molecule has 0 spiro atoms. The molecule has 1 saturated heterocycles. The maximum absolute atomic E-state index is 14.4. The van der Waals surface area contributed by atoms with Crippen LogP contribution in [0, 0.1) is 17.8 Å². The number of aliphatic imine (C=N–C) groups is 1. The fraction of sp³-hybridized carbons (Fsp3) is 0.776. The van der Waals surface area contributed by atoms with E-state index >= 15 is 0 Å². The number of carbonyl (C=O) groups is 10. The second-order valence-electron chi connectivity index (χ2n) is 20.3. The van der Waals surface area contributed by atoms with Crippen molar-refractivity contribution in [3.63, 3.8) is 0 Å². The largest absolute Gasteiger partial charge is 0.480 e. The number of unbranched alkanes of at least 4 members (excludes halogenated alkanes) is 1. The number of nitrogens with two attached hydrogens (primary N) is 4. The second-order valence-corrected chi connectivity index (χ2v) is 21.3. The molecule has 20 N–H and O–H groups in total. The van der Waals surface area contributed by atoms with Crippen molar-refractivity contribution in [2.75, 3.05) is 44.9 Å². The normalized spacial score (nSPS) is 17.5. The number of nitrogens with one attached hydrogen (secondary N) is 8. The van der Waals surface area contributed by atoms with Gasteiger partial charge < -0.3 is 90.8 Å². The van der Waals surface area contributed by atoms with Gasteiger partial charge in [0.1, 0.15) is 54.4 Å². The average molecular weight is 1130 g/mol. The quantitative estimate of drug-likeness (QED) is 0.0158. The predicted octanol–water partition coefficient (Wildman–Crippen LogP) is -4.68. The Hall–Kier alpha value is -5.88. The minimum Gasteiger partial charge on any atom is -0.480 e. The van der Waals surface area contributed by atoms with E-state index in [9.17, 15) is 68.4 Å². The number of aliphatic hydroxyl groups is 3. The lowest BCUT2D eigenvalue weighted by atomic mass is 9.97. The molecule has 9 amide bonds. The van der Waals surface area contributed by atoms with E-state index < -0.39 is 151 Å². The highest BCUT2D eigenvalue weighted by atomic mass is 32.2. The van der Waals surface area contributed by atoms with Gasteiger partial charge in [-0.2, -0.15) is 11.8 Å². The van der Waals surface area contributed by atoms with E-state index in [1.807, 2.05) is 0 Å². The standard InChI is InChI=1S/C49H90N14O14S/c1-9-27(6)37(61-43(71)35-16-13-20-63(35)47(75)31(15-12-19-54-49(52)53)56-44(72)36(26(4)5)60-39(67)29(51)14-10-11-18-50)45(73)59-33(23-64)41(69)55-30(17-21-78-8)40(68)58-34(24-65)42(70)62-38(28(7)66)46(74)57-32(48(76)77)22-25(2)3/h25-38,64-66H,9-24,50-51H2,1-8H3,(H,55,69)(H,56,72)(H,57,74)(H,58,68)(H,59,73)(H,60,67)(H,61,71)(H,62,70)(H,76,77)(H4,52,53,54)/t27-,28+,29-,30-,31-,32-,33-,34-,35-,36-,37-,38-/m0/s1. The molecule has 12 atom stereocenters. The first-order chi connectivity index (χ1) is 36.7. The van der Waals surface area contributed by atoms with Crippen LogP contribution in [0.3, 0.4) is 0 Å². The number of likely N-dealkylation sites (tertiary alicyclic amines) is 1. The molecule has 1 heterocycles. The third-order valence-electron chi connectivity index (χ3n) is 13.0. The van der Waals surface area contributed by atoms with Gasteiger partial charge in [-0.25, -0.2) is 4.79 Å². The molecule has 1 fully saturated rings. The molecule has 0 radical (unpaired) electrons. The lowest BCUT2D eigenvalue weighted by Gasteiger charge is -2.32. The smallest absolute Gasteiger partial charge is 0.326 e. The Labute approximate surface area is 461 Å². The number of rotatable bonds is 37. The molecule has 29 heteroatoms. The summed E-state index contributed by atoms with van der Waals surface area (Å²) in [6.45, 7) is 10.1. The number of nitrogens with zero attached hydrogens (tertiary/aromatic N) is 2. The highest BCUT2D eigenvalue weighted by molar-refractivity contribution is 7.98. The van der Waals surface area contributed by atoms with Crippen molar-refractivity contribution >= 4 is 76.9 Å². The highest BCUT2D eigenvalue weighted by Gasteiger charge is 2.41. The highest BCUT2D eigenvalue weighted by Crippen LogP contribution is 2.22. The maximum atomic E-state index is 14.4. The molecule has 1 aliphatic heterocycles. The Bertz CT molecular complexity index is 2010. The molecule has 0 aromatic heterocycles. The molecule has 0 aromatic rings. The summed E-state index contributed by atoms with van der Waals surface area (Å²) < 4.78 is 0. The van der Waals surface area contributed by atoms with Crippen molar-refractivity contribution in [2.24, 2.45) is 45.7 Å². The minimum absolute atomic E-state index is 0.0321. The lowest BCUT2D eigenvalue weighted by molar-refractivity contribution is -0.143. The third kappa shape index (κ3) is 24.0. The Morgan fingerprint density at radius 1 is 0.654 bits per heavy atom. The number of aliphatic carboxylic acids is 1. The molecular weight excluding hydrogens is 1040 g/mol. The van der Waals surface area contributed by atoms with E-state index in [0.717, 1.165) is 6.92 Å². The summed E-state index contributed by atoms with van der Waals surface area (Å²) in [5.41, 5.74) is 22.7. The van der Waals surface area contributed by atoms with Gasteiger partial charge >= 0.3 is 5.97 Å². The summed E-state index contributed by atoms with van der Waals surface area (Å²) in [4.78, 5) is 140. The van der Waals surface area contributed by atoms with Crippen LogP contribution in [-0.4, -0.2) is 202 Å². The molecule has 1 aliphatic rings. The van der Waals surface area contributed by atoms with Crippen molar-refractivity contribution in [1.29, 1.82) is 0 Å². The Balaban J connectivity index is 3.33. The molecule has 0 unspecified atom stereocenters. The number of amides is 9. The van der Waals surface area contributed by atoms with Gasteiger partial charge in [0, 0.05) is 13.1 Å². The van der Waals surface area contributed by atoms with Gasteiger partial charge in [0.15, 0.2) is 5.96 Å². The van der Waals surface area contributed by atoms with Crippen molar-refractivity contribution in [3.05, 3.63) is 0 Å². The Morgan fingerprint density at radius 3 is 1.71 bits per heavy atom. The van der Waals surface area contributed by atoms with E-state index in [1.54, 1.807) is 47.8 Å². The Kier molecular flexibility index (Phi) is 32.7. The number of guanidine groups is 1. The van der Waals surface area contributed by atoms with Crippen LogP contribution in [0.5, 0.6) is 0 Å². The van der Waals surface area contributed by atoms with Gasteiger partial charge in [-0.15, -0.1) is 0 Å². The van der Waals surface area contributed by atoms with E-state index in [4.69, 9.17) is 22.9 Å². The molecule has 1 rings (SSSR count). The minimum atomic E-state index is -1.75. The van der Waals surface area contributed by atoms with Crippen molar-refractivity contribution in [1.82, 2.24) is 47.4 Å². The van der Waals surface area contributed by atoms with E-state index in [0.29, 0.717) is 38.6 Å². The molecule has 0 bridgehead atoms. The average Bonchev–Trinajstić information content (AvgIpc) is 3.88. The molecule has 0 aromatic carbocycles. The van der Waals surface area contributed by atoms with Crippen LogP contribution < -0.4 is 65.5 Å². The molecule has 0 saturated carbocycles. The number of thioether (sulfide) groups is 1. The molecule has 446 valence electrons. The van der Waals surface area contributed by atoms with Crippen LogP contribution in [0.1, 0.15) is 113 Å². The van der Waals surface area contributed by atoms with Crippen molar-refractivity contribution in [3.8, 4) is 0 Å². The zero-order valence-electron chi connectivity index (χ0n) is 46.4. The number of carbonyl (C=O) groups excluding carboxylic acids is 9. The summed E-state index contributed by atoms with van der Waals surface area (Å²) in [5, 5.41) is 60.3. The van der Waals surface area contributed by atoms with Gasteiger partial charge in [0.05, 0.1) is 25.4 Å². The van der Waals surface area contributed by atoms with Crippen LogP contribution in [0.25, 0.3) is 0 Å². The first-order valence-corrected chi connectivity index (χ1v) is 27.9. The second kappa shape index (κ2) is 36.3. The van der Waals surface area contributed by atoms with Gasteiger partial charge in [0.25, 0.3) is 0 Å². The number of hydrogen-bond donors (Lipinski definition) is 16. The van der Waals surface area contributed by atoms with E-state index in [-0.39, 0.29) is 62.8 Å². The molecule has 78 heavy (non-hydrogen) atoms. The summed E-state index contributed by atoms with van der Waals surface area (Å²) in [5.74, 6) is -10.1. The summed E-state index contributed by atoms with van der Waals surface area (Å²) in [6.07, 6.45) is 2.88.